The summed E-state index contributed by atoms with van der Waals surface area (Å²) < 4.78 is 16.5. The van der Waals surface area contributed by atoms with Crippen molar-refractivity contribution in [2.24, 2.45) is 5.92 Å². The van der Waals surface area contributed by atoms with Crippen molar-refractivity contribution in [2.75, 3.05) is 0 Å². The van der Waals surface area contributed by atoms with Gasteiger partial charge in [-0.1, -0.05) is 0 Å². The molecule has 0 aromatic rings. The van der Waals surface area contributed by atoms with Crippen molar-refractivity contribution in [3.05, 3.63) is 0 Å². The van der Waals surface area contributed by atoms with Crippen molar-refractivity contribution < 1.29 is 28.9 Å². The lowest BCUT2D eigenvalue weighted by molar-refractivity contribution is -0.314. The topological polar surface area (TPSA) is 96.9 Å². The second-order valence-electron chi connectivity index (χ2n) is 6.98. The highest BCUT2D eigenvalue weighted by molar-refractivity contribution is 5.71. The first kappa shape index (κ1) is 16.0. The molecule has 120 valence electrons. The number of hydrogen-bond donors (Lipinski definition) is 1. The molecule has 1 N–H and O–H groups in total. The molecular weight excluding hydrogens is 278 g/mol. The maximum absolute atomic E-state index is 11.8. The Balaban J connectivity index is 2.07. The van der Waals surface area contributed by atoms with Gasteiger partial charge in [0.1, 0.15) is 11.7 Å². The van der Waals surface area contributed by atoms with Gasteiger partial charge in [-0.15, -0.1) is 0 Å². The Morgan fingerprint density at radius 1 is 1.24 bits per heavy atom. The molecule has 1 aliphatic heterocycles. The highest BCUT2D eigenvalue weighted by atomic mass is 16.8. The lowest BCUT2D eigenvalue weighted by atomic mass is 10.1. The SMILES string of the molecule is CC(C)(C)OC(=O)N[C@H]1C[C@@H](C(=O)[O-])[C@@H]2OC(C)(C)O[C@@H]21. The third kappa shape index (κ3) is 3.65. The molecule has 2 fully saturated rings. The highest BCUT2D eigenvalue weighted by Crippen LogP contribution is 2.41. The lowest BCUT2D eigenvalue weighted by Crippen LogP contribution is -2.45. The number of fused-ring (bicyclic) bond motifs is 1. The standard InChI is InChI=1S/C14H23NO6/c1-13(2,3)21-12(18)15-8-6-7(11(16)17)9-10(8)20-14(4,5)19-9/h7-10H,6H2,1-5H3,(H,15,18)(H,16,17)/p-1/t7-,8+,9+,10-/m1/s1. The van der Waals surface area contributed by atoms with Crippen LogP contribution in [0.2, 0.25) is 0 Å². The second-order valence-corrected chi connectivity index (χ2v) is 6.98. The summed E-state index contributed by atoms with van der Waals surface area (Å²) in [6.07, 6.45) is -1.54. The predicted molar refractivity (Wildman–Crippen MR) is 70.1 cm³/mol. The second kappa shape index (κ2) is 5.14. The van der Waals surface area contributed by atoms with Crippen molar-refractivity contribution in [3.8, 4) is 0 Å². The molecule has 1 saturated heterocycles. The van der Waals surface area contributed by atoms with E-state index >= 15 is 0 Å². The molecule has 0 aromatic carbocycles. The van der Waals surface area contributed by atoms with Crippen LogP contribution in [0, 0.1) is 5.92 Å². The first-order chi connectivity index (χ1) is 9.48. The molecular formula is C14H22NO6-. The third-order valence-electron chi connectivity index (χ3n) is 3.47. The molecule has 1 amide bonds. The molecule has 0 unspecified atom stereocenters. The number of nitrogens with one attached hydrogen (secondary N) is 1. The van der Waals surface area contributed by atoms with Crippen LogP contribution < -0.4 is 10.4 Å². The number of carbonyl (C=O) groups is 2. The van der Waals surface area contributed by atoms with Crippen molar-refractivity contribution in [1.82, 2.24) is 5.32 Å². The Kier molecular flexibility index (Phi) is 3.92. The molecule has 1 heterocycles. The van der Waals surface area contributed by atoms with E-state index in [0.29, 0.717) is 0 Å². The summed E-state index contributed by atoms with van der Waals surface area (Å²) in [4.78, 5) is 23.1. The van der Waals surface area contributed by atoms with Gasteiger partial charge in [0.2, 0.25) is 0 Å². The molecule has 0 spiro atoms. The number of amides is 1. The van der Waals surface area contributed by atoms with Crippen molar-refractivity contribution >= 4 is 12.1 Å². The van der Waals surface area contributed by atoms with Gasteiger partial charge in [0, 0.05) is 11.9 Å². The minimum Gasteiger partial charge on any atom is -0.550 e. The number of carboxylic acid groups (broad SMARTS) is 1. The summed E-state index contributed by atoms with van der Waals surface area (Å²) in [7, 11) is 0. The van der Waals surface area contributed by atoms with E-state index in [1.54, 1.807) is 34.6 Å². The Morgan fingerprint density at radius 3 is 2.33 bits per heavy atom. The lowest BCUT2D eigenvalue weighted by Gasteiger charge is -2.25. The van der Waals surface area contributed by atoms with Crippen molar-refractivity contribution in [3.63, 3.8) is 0 Å². The Bertz CT molecular complexity index is 441. The number of hydrogen-bond acceptors (Lipinski definition) is 6. The summed E-state index contributed by atoms with van der Waals surface area (Å²) >= 11 is 0. The van der Waals surface area contributed by atoms with Crippen LogP contribution in [0.3, 0.4) is 0 Å². The number of alkyl carbamates (subject to hydrolysis) is 1. The summed E-state index contributed by atoms with van der Waals surface area (Å²) in [6, 6.07) is -0.477. The van der Waals surface area contributed by atoms with Crippen LogP contribution in [0.1, 0.15) is 41.0 Å². The van der Waals surface area contributed by atoms with Gasteiger partial charge in [-0.3, -0.25) is 0 Å². The van der Waals surface area contributed by atoms with E-state index in [0.717, 1.165) is 0 Å². The molecule has 2 aliphatic rings. The summed E-state index contributed by atoms with van der Waals surface area (Å²) in [5.74, 6) is -2.88. The third-order valence-corrected chi connectivity index (χ3v) is 3.47. The van der Waals surface area contributed by atoms with Crippen molar-refractivity contribution in [2.45, 2.75) is 70.7 Å². The Labute approximate surface area is 123 Å². The zero-order valence-corrected chi connectivity index (χ0v) is 13.0. The molecule has 0 aromatic heterocycles. The van der Waals surface area contributed by atoms with Gasteiger partial charge in [-0.05, 0) is 41.0 Å². The molecule has 0 bridgehead atoms. The molecule has 21 heavy (non-hydrogen) atoms. The fourth-order valence-corrected chi connectivity index (χ4v) is 2.81. The van der Waals surface area contributed by atoms with Gasteiger partial charge in [0.25, 0.3) is 0 Å². The van der Waals surface area contributed by atoms with Crippen LogP contribution >= 0.6 is 0 Å². The van der Waals surface area contributed by atoms with Crippen LogP contribution in [-0.4, -0.2) is 41.7 Å². The molecule has 7 nitrogen and oxygen atoms in total. The first-order valence-corrected chi connectivity index (χ1v) is 7.04. The van der Waals surface area contributed by atoms with E-state index in [-0.39, 0.29) is 6.42 Å². The van der Waals surface area contributed by atoms with E-state index in [9.17, 15) is 14.7 Å². The van der Waals surface area contributed by atoms with E-state index in [1.807, 2.05) is 0 Å². The average Bonchev–Trinajstić information content (AvgIpc) is 2.70. The minimum atomic E-state index is -1.19. The molecule has 1 saturated carbocycles. The number of aliphatic carboxylic acids is 1. The van der Waals surface area contributed by atoms with Crippen LogP contribution in [0.5, 0.6) is 0 Å². The molecule has 4 atom stereocenters. The normalized spacial score (nSPS) is 34.3. The quantitative estimate of drug-likeness (QED) is 0.781. The monoisotopic (exact) mass is 300 g/mol. The largest absolute Gasteiger partial charge is 0.550 e. The minimum absolute atomic E-state index is 0.201. The van der Waals surface area contributed by atoms with Crippen LogP contribution in [-0.2, 0) is 19.0 Å². The Hall–Kier alpha value is -1.34. The maximum Gasteiger partial charge on any atom is 0.407 e. The average molecular weight is 300 g/mol. The maximum atomic E-state index is 11.8. The zero-order valence-electron chi connectivity index (χ0n) is 13.0. The van der Waals surface area contributed by atoms with E-state index in [4.69, 9.17) is 14.2 Å². The van der Waals surface area contributed by atoms with Gasteiger partial charge in [-0.25, -0.2) is 4.79 Å². The first-order valence-electron chi connectivity index (χ1n) is 7.04. The van der Waals surface area contributed by atoms with Gasteiger partial charge < -0.3 is 29.4 Å². The fraction of sp³-hybridized carbons (Fsp3) is 0.857. The van der Waals surface area contributed by atoms with Gasteiger partial charge in [0.05, 0.1) is 12.1 Å². The van der Waals surface area contributed by atoms with Gasteiger partial charge in [0.15, 0.2) is 5.79 Å². The summed E-state index contributed by atoms with van der Waals surface area (Å²) in [6.45, 7) is 8.69. The number of rotatable bonds is 2. The molecule has 2 rings (SSSR count). The molecule has 1 aliphatic carbocycles. The van der Waals surface area contributed by atoms with Crippen molar-refractivity contribution in [1.29, 1.82) is 0 Å². The number of carbonyl (C=O) groups excluding carboxylic acids is 2. The van der Waals surface area contributed by atoms with E-state index < -0.39 is 47.6 Å². The molecule has 0 radical (unpaired) electrons. The van der Waals surface area contributed by atoms with Gasteiger partial charge in [-0.2, -0.15) is 0 Å². The van der Waals surface area contributed by atoms with Crippen LogP contribution in [0.4, 0.5) is 4.79 Å². The summed E-state index contributed by atoms with van der Waals surface area (Å²) in [5.41, 5.74) is -0.623. The molecule has 7 heteroatoms. The predicted octanol–water partition coefficient (Wildman–Crippen LogP) is 0.170. The van der Waals surface area contributed by atoms with Crippen LogP contribution in [0.25, 0.3) is 0 Å². The van der Waals surface area contributed by atoms with Gasteiger partial charge >= 0.3 is 6.09 Å². The highest BCUT2D eigenvalue weighted by Gasteiger charge is 2.54. The van der Waals surface area contributed by atoms with Crippen LogP contribution in [0.15, 0.2) is 0 Å². The van der Waals surface area contributed by atoms with E-state index in [1.165, 1.54) is 0 Å². The smallest absolute Gasteiger partial charge is 0.407 e. The zero-order chi connectivity index (χ0) is 16.0. The summed E-state index contributed by atoms with van der Waals surface area (Å²) in [5, 5.41) is 13.9. The fourth-order valence-electron chi connectivity index (χ4n) is 2.81. The number of ether oxygens (including phenoxy) is 3. The Morgan fingerprint density at radius 2 is 1.81 bits per heavy atom. The number of carboxylic acids is 1. The van der Waals surface area contributed by atoms with E-state index in [2.05, 4.69) is 5.32 Å².